The van der Waals surface area contributed by atoms with Gasteiger partial charge in [-0.2, -0.15) is 0 Å². The molecule has 0 unspecified atom stereocenters. The largest absolute Gasteiger partial charge is 0.459 e. The molecular weight excluding hydrogens is 274 g/mol. The molecule has 0 radical (unpaired) electrons. The zero-order valence-corrected chi connectivity index (χ0v) is 13.2. The van der Waals surface area contributed by atoms with Crippen LogP contribution in [0.15, 0.2) is 30.3 Å². The molecule has 0 heterocycles. The molecule has 1 aromatic rings. The predicted molar refractivity (Wildman–Crippen MR) is 83.5 cm³/mol. The van der Waals surface area contributed by atoms with Crippen LogP contribution in [0.25, 0.3) is 6.08 Å². The summed E-state index contributed by atoms with van der Waals surface area (Å²) < 4.78 is 5.31. The zero-order chi connectivity index (χ0) is 15.4. The van der Waals surface area contributed by atoms with Crippen LogP contribution in [-0.4, -0.2) is 17.1 Å². The van der Waals surface area contributed by atoms with Crippen molar-refractivity contribution in [3.63, 3.8) is 0 Å². The predicted octanol–water partition coefficient (Wildman–Crippen LogP) is 3.80. The van der Waals surface area contributed by atoms with E-state index in [0.717, 1.165) is 5.56 Å². The van der Waals surface area contributed by atoms with Crippen LogP contribution in [0.1, 0.15) is 39.7 Å². The molecule has 110 valence electrons. The summed E-state index contributed by atoms with van der Waals surface area (Å²) in [6.45, 7) is 7.15. The van der Waals surface area contributed by atoms with Crippen molar-refractivity contribution in [1.82, 2.24) is 0 Å². The Balaban J connectivity index is 2.62. The van der Waals surface area contributed by atoms with Crippen LogP contribution in [0.4, 0.5) is 0 Å². The second-order valence-electron chi connectivity index (χ2n) is 6.08. The van der Waals surface area contributed by atoms with Gasteiger partial charge in [0, 0.05) is 5.02 Å². The summed E-state index contributed by atoms with van der Waals surface area (Å²) in [7, 11) is 0. The summed E-state index contributed by atoms with van der Waals surface area (Å²) in [4.78, 5) is 12.0. The summed E-state index contributed by atoms with van der Waals surface area (Å²) in [5.41, 5.74) is 5.46. The maximum atomic E-state index is 12.0. The van der Waals surface area contributed by atoms with E-state index < -0.39 is 17.1 Å². The van der Waals surface area contributed by atoms with Gasteiger partial charge in [-0.05, 0) is 51.8 Å². The van der Waals surface area contributed by atoms with Gasteiger partial charge in [0.05, 0.1) is 0 Å². The molecule has 0 saturated heterocycles. The second kappa shape index (κ2) is 6.42. The third-order valence-electron chi connectivity index (χ3n) is 2.59. The minimum Gasteiger partial charge on any atom is -0.459 e. The number of esters is 1. The highest BCUT2D eigenvalue weighted by atomic mass is 35.5. The van der Waals surface area contributed by atoms with Gasteiger partial charge in [0.2, 0.25) is 0 Å². The van der Waals surface area contributed by atoms with Crippen LogP contribution >= 0.6 is 11.6 Å². The number of hydrogen-bond donors (Lipinski definition) is 1. The highest BCUT2D eigenvalue weighted by Crippen LogP contribution is 2.17. The van der Waals surface area contributed by atoms with Crippen molar-refractivity contribution in [2.45, 2.75) is 45.3 Å². The summed E-state index contributed by atoms with van der Waals surface area (Å²) in [5, 5.41) is 0.694. The van der Waals surface area contributed by atoms with Gasteiger partial charge in [0.1, 0.15) is 11.1 Å². The van der Waals surface area contributed by atoms with Crippen molar-refractivity contribution in [1.29, 1.82) is 0 Å². The summed E-state index contributed by atoms with van der Waals surface area (Å²) in [6, 6.07) is 7.44. The first-order valence-corrected chi connectivity index (χ1v) is 6.92. The third-order valence-corrected chi connectivity index (χ3v) is 2.84. The Labute approximate surface area is 125 Å². The quantitative estimate of drug-likeness (QED) is 0.860. The van der Waals surface area contributed by atoms with Crippen molar-refractivity contribution in [3.8, 4) is 0 Å². The molecule has 1 atom stereocenters. The van der Waals surface area contributed by atoms with Crippen LogP contribution in [0.3, 0.4) is 0 Å². The lowest BCUT2D eigenvalue weighted by atomic mass is 9.98. The molecule has 0 saturated carbocycles. The van der Waals surface area contributed by atoms with Crippen molar-refractivity contribution >= 4 is 23.6 Å². The van der Waals surface area contributed by atoms with Gasteiger partial charge < -0.3 is 10.5 Å². The molecule has 1 aromatic carbocycles. The van der Waals surface area contributed by atoms with Gasteiger partial charge in [-0.15, -0.1) is 0 Å². The molecule has 0 aliphatic carbocycles. The Kier molecular flexibility index (Phi) is 5.37. The number of carbonyl (C=O) groups is 1. The van der Waals surface area contributed by atoms with Gasteiger partial charge in [-0.25, -0.2) is 0 Å². The lowest BCUT2D eigenvalue weighted by molar-refractivity contribution is -0.160. The van der Waals surface area contributed by atoms with E-state index in [1.54, 1.807) is 6.92 Å². The average molecular weight is 296 g/mol. The fourth-order valence-corrected chi connectivity index (χ4v) is 1.62. The summed E-state index contributed by atoms with van der Waals surface area (Å²) in [5.74, 6) is -0.397. The standard InChI is InChI=1S/C16H22ClNO2/c1-15(2,3)20-14(19)16(4,18)11-5-6-12-7-9-13(17)10-8-12/h5-10H,11,18H2,1-4H3/b6-5+/t16-/m0/s1. The first-order valence-electron chi connectivity index (χ1n) is 6.55. The van der Waals surface area contributed by atoms with E-state index >= 15 is 0 Å². The van der Waals surface area contributed by atoms with Gasteiger partial charge in [-0.3, -0.25) is 4.79 Å². The normalized spacial score (nSPS) is 15.1. The van der Waals surface area contributed by atoms with Crippen molar-refractivity contribution < 1.29 is 9.53 Å². The first kappa shape index (κ1) is 16.7. The van der Waals surface area contributed by atoms with Gasteiger partial charge in [-0.1, -0.05) is 35.9 Å². The van der Waals surface area contributed by atoms with Crippen LogP contribution in [-0.2, 0) is 9.53 Å². The van der Waals surface area contributed by atoms with Crippen molar-refractivity contribution in [3.05, 3.63) is 40.9 Å². The highest BCUT2D eigenvalue weighted by molar-refractivity contribution is 6.30. The summed E-state index contributed by atoms with van der Waals surface area (Å²) in [6.07, 6.45) is 4.18. The zero-order valence-electron chi connectivity index (χ0n) is 12.4. The lowest BCUT2D eigenvalue weighted by Gasteiger charge is -2.27. The van der Waals surface area contributed by atoms with E-state index in [0.29, 0.717) is 11.4 Å². The first-order chi connectivity index (χ1) is 9.10. The van der Waals surface area contributed by atoms with E-state index in [4.69, 9.17) is 22.1 Å². The number of benzene rings is 1. The molecule has 20 heavy (non-hydrogen) atoms. The van der Waals surface area contributed by atoms with E-state index in [1.165, 1.54) is 0 Å². The van der Waals surface area contributed by atoms with Crippen LogP contribution in [0.2, 0.25) is 5.02 Å². The summed E-state index contributed by atoms with van der Waals surface area (Å²) >= 11 is 5.82. The topological polar surface area (TPSA) is 52.3 Å². The number of rotatable bonds is 4. The van der Waals surface area contributed by atoms with E-state index in [-0.39, 0.29) is 0 Å². The molecule has 0 aliphatic rings. The fourth-order valence-electron chi connectivity index (χ4n) is 1.49. The molecule has 0 aliphatic heterocycles. The molecule has 4 heteroatoms. The Morgan fingerprint density at radius 3 is 2.30 bits per heavy atom. The molecule has 1 rings (SSSR count). The smallest absolute Gasteiger partial charge is 0.326 e. The minimum absolute atomic E-state index is 0.397. The highest BCUT2D eigenvalue weighted by Gasteiger charge is 2.31. The van der Waals surface area contributed by atoms with Crippen molar-refractivity contribution in [2.75, 3.05) is 0 Å². The van der Waals surface area contributed by atoms with E-state index in [9.17, 15) is 4.79 Å². The molecule has 0 fully saturated rings. The fraction of sp³-hybridized carbons (Fsp3) is 0.438. The number of carbonyl (C=O) groups excluding carboxylic acids is 1. The molecule has 3 nitrogen and oxygen atoms in total. The maximum Gasteiger partial charge on any atom is 0.326 e. The van der Waals surface area contributed by atoms with Gasteiger partial charge in [0.15, 0.2) is 0 Å². The maximum absolute atomic E-state index is 12.0. The number of nitrogens with two attached hydrogens (primary N) is 1. The van der Waals surface area contributed by atoms with Crippen LogP contribution in [0, 0.1) is 0 Å². The molecule has 0 aromatic heterocycles. The van der Waals surface area contributed by atoms with E-state index in [2.05, 4.69) is 0 Å². The van der Waals surface area contributed by atoms with Gasteiger partial charge >= 0.3 is 5.97 Å². The third kappa shape index (κ3) is 5.76. The molecule has 2 N–H and O–H groups in total. The molecule has 0 bridgehead atoms. The SMILES string of the molecule is CC(C)(C)OC(=O)[C@@](C)(N)C/C=C/c1ccc(Cl)cc1. The molecule has 0 spiro atoms. The molecule has 0 amide bonds. The Morgan fingerprint density at radius 1 is 1.25 bits per heavy atom. The van der Waals surface area contributed by atoms with Crippen molar-refractivity contribution in [2.24, 2.45) is 5.73 Å². The molecular formula is C16H22ClNO2. The Hall–Kier alpha value is -1.32. The Morgan fingerprint density at radius 2 is 1.80 bits per heavy atom. The monoisotopic (exact) mass is 295 g/mol. The number of ether oxygens (including phenoxy) is 1. The number of halogens is 1. The second-order valence-corrected chi connectivity index (χ2v) is 6.51. The minimum atomic E-state index is -1.03. The van der Waals surface area contributed by atoms with Crippen LogP contribution in [0.5, 0.6) is 0 Å². The van der Waals surface area contributed by atoms with E-state index in [1.807, 2.05) is 57.2 Å². The Bertz CT molecular complexity index is 484. The van der Waals surface area contributed by atoms with Gasteiger partial charge in [0.25, 0.3) is 0 Å². The average Bonchev–Trinajstić information content (AvgIpc) is 2.29. The van der Waals surface area contributed by atoms with Crippen LogP contribution < -0.4 is 5.73 Å². The lowest BCUT2D eigenvalue weighted by Crippen LogP contribution is -2.48. The number of hydrogen-bond acceptors (Lipinski definition) is 3.